The van der Waals surface area contributed by atoms with Crippen molar-refractivity contribution < 1.29 is 0 Å². The van der Waals surface area contributed by atoms with Gasteiger partial charge < -0.3 is 5.32 Å². The van der Waals surface area contributed by atoms with E-state index in [0.29, 0.717) is 11.5 Å². The number of pyridine rings is 1. The van der Waals surface area contributed by atoms with Gasteiger partial charge in [0.05, 0.1) is 4.47 Å². The van der Waals surface area contributed by atoms with E-state index in [4.69, 9.17) is 0 Å². The highest BCUT2D eigenvalue weighted by Gasteiger charge is 2.28. The van der Waals surface area contributed by atoms with E-state index in [9.17, 15) is 0 Å². The Kier molecular flexibility index (Phi) is 4.14. The molecular formula is C13H18Br2N2. The smallest absolute Gasteiger partial charge is 0.140 e. The lowest BCUT2D eigenvalue weighted by Crippen LogP contribution is -2.32. The first-order valence-corrected chi connectivity index (χ1v) is 7.62. The maximum atomic E-state index is 4.41. The molecule has 1 aliphatic carbocycles. The second-order valence-electron chi connectivity index (χ2n) is 5.59. The third-order valence-electron chi connectivity index (χ3n) is 3.35. The third kappa shape index (κ3) is 3.68. The van der Waals surface area contributed by atoms with Crippen molar-refractivity contribution in [1.29, 1.82) is 0 Å². The molecule has 1 aliphatic rings. The monoisotopic (exact) mass is 360 g/mol. The van der Waals surface area contributed by atoms with Crippen LogP contribution in [0.3, 0.4) is 0 Å². The predicted molar refractivity (Wildman–Crippen MR) is 79.3 cm³/mol. The van der Waals surface area contributed by atoms with E-state index in [1.807, 2.05) is 12.3 Å². The van der Waals surface area contributed by atoms with E-state index >= 15 is 0 Å². The van der Waals surface area contributed by atoms with Crippen LogP contribution >= 0.6 is 31.9 Å². The largest absolute Gasteiger partial charge is 0.366 e. The molecule has 1 unspecified atom stereocenters. The highest BCUT2D eigenvalue weighted by Crippen LogP contribution is 2.37. The van der Waals surface area contributed by atoms with Crippen molar-refractivity contribution >= 4 is 37.7 Å². The van der Waals surface area contributed by atoms with E-state index < -0.39 is 0 Å². The molecule has 0 saturated heterocycles. The van der Waals surface area contributed by atoms with Crippen LogP contribution in [-0.4, -0.2) is 11.0 Å². The van der Waals surface area contributed by atoms with E-state index in [1.54, 1.807) is 0 Å². The summed E-state index contributed by atoms with van der Waals surface area (Å²) < 4.78 is 2.02. The molecule has 1 aromatic rings. The van der Waals surface area contributed by atoms with Gasteiger partial charge >= 0.3 is 0 Å². The summed E-state index contributed by atoms with van der Waals surface area (Å²) >= 11 is 6.97. The summed E-state index contributed by atoms with van der Waals surface area (Å²) in [4.78, 5) is 4.41. The van der Waals surface area contributed by atoms with Gasteiger partial charge in [0.1, 0.15) is 5.82 Å². The van der Waals surface area contributed by atoms with E-state index in [-0.39, 0.29) is 0 Å². The molecule has 1 saturated carbocycles. The van der Waals surface area contributed by atoms with Gasteiger partial charge in [-0.25, -0.2) is 4.98 Å². The Morgan fingerprint density at radius 2 is 2.18 bits per heavy atom. The van der Waals surface area contributed by atoms with E-state index in [0.717, 1.165) is 14.8 Å². The molecule has 0 spiro atoms. The zero-order valence-corrected chi connectivity index (χ0v) is 13.4. The minimum atomic E-state index is 0.456. The first kappa shape index (κ1) is 13.3. The summed E-state index contributed by atoms with van der Waals surface area (Å²) in [5.41, 5.74) is 0.456. The first-order chi connectivity index (χ1) is 7.96. The molecule has 17 heavy (non-hydrogen) atoms. The van der Waals surface area contributed by atoms with Crippen molar-refractivity contribution in [2.45, 2.75) is 45.6 Å². The van der Waals surface area contributed by atoms with Crippen molar-refractivity contribution in [2.24, 2.45) is 5.41 Å². The highest BCUT2D eigenvalue weighted by molar-refractivity contribution is 9.11. The van der Waals surface area contributed by atoms with Crippen molar-refractivity contribution in [2.75, 3.05) is 5.32 Å². The van der Waals surface area contributed by atoms with Gasteiger partial charge in [0, 0.05) is 16.7 Å². The molecule has 0 radical (unpaired) electrons. The molecule has 2 rings (SSSR count). The van der Waals surface area contributed by atoms with Crippen molar-refractivity contribution in [3.05, 3.63) is 21.2 Å². The number of nitrogens with zero attached hydrogens (tertiary/aromatic N) is 1. The molecule has 2 nitrogen and oxygen atoms in total. The van der Waals surface area contributed by atoms with Crippen LogP contribution in [0.5, 0.6) is 0 Å². The van der Waals surface area contributed by atoms with Gasteiger partial charge in [0.2, 0.25) is 0 Å². The number of anilines is 1. The molecule has 94 valence electrons. The SMILES string of the molecule is CC1(C)CCCC(Nc2ncc(Br)cc2Br)C1. The molecule has 1 N–H and O–H groups in total. The van der Waals surface area contributed by atoms with E-state index in [2.05, 4.69) is 56.0 Å². The molecule has 1 aromatic heterocycles. The van der Waals surface area contributed by atoms with Gasteiger partial charge in [-0.15, -0.1) is 0 Å². The van der Waals surface area contributed by atoms with Crippen LogP contribution in [0.1, 0.15) is 39.5 Å². The Morgan fingerprint density at radius 3 is 2.82 bits per heavy atom. The lowest BCUT2D eigenvalue weighted by molar-refractivity contribution is 0.229. The second kappa shape index (κ2) is 5.27. The quantitative estimate of drug-likeness (QED) is 0.802. The minimum Gasteiger partial charge on any atom is -0.366 e. The number of rotatable bonds is 2. The molecule has 0 amide bonds. The lowest BCUT2D eigenvalue weighted by Gasteiger charge is -2.35. The molecule has 1 fully saturated rings. The van der Waals surface area contributed by atoms with E-state index in [1.165, 1.54) is 25.7 Å². The molecule has 4 heteroatoms. The highest BCUT2D eigenvalue weighted by atomic mass is 79.9. The molecular weight excluding hydrogens is 344 g/mol. The maximum Gasteiger partial charge on any atom is 0.140 e. The Morgan fingerprint density at radius 1 is 1.41 bits per heavy atom. The number of halogens is 2. The Hall–Kier alpha value is -0.0900. The molecule has 0 aliphatic heterocycles. The number of hydrogen-bond donors (Lipinski definition) is 1. The van der Waals surface area contributed by atoms with Crippen LogP contribution in [0.15, 0.2) is 21.2 Å². The van der Waals surface area contributed by atoms with Crippen LogP contribution in [0, 0.1) is 5.41 Å². The van der Waals surface area contributed by atoms with Gasteiger partial charge in [0.25, 0.3) is 0 Å². The zero-order valence-electron chi connectivity index (χ0n) is 10.3. The van der Waals surface area contributed by atoms with Crippen LogP contribution < -0.4 is 5.32 Å². The van der Waals surface area contributed by atoms with Crippen molar-refractivity contribution in [1.82, 2.24) is 4.98 Å². The van der Waals surface area contributed by atoms with Crippen molar-refractivity contribution in [3.8, 4) is 0 Å². The predicted octanol–water partition coefficient (Wildman–Crippen LogP) is 4.99. The average Bonchev–Trinajstić information content (AvgIpc) is 2.21. The molecule has 1 atom stereocenters. The fraction of sp³-hybridized carbons (Fsp3) is 0.615. The summed E-state index contributed by atoms with van der Waals surface area (Å²) in [7, 11) is 0. The van der Waals surface area contributed by atoms with Crippen LogP contribution in [0.25, 0.3) is 0 Å². The number of hydrogen-bond acceptors (Lipinski definition) is 2. The van der Waals surface area contributed by atoms with Crippen LogP contribution in [-0.2, 0) is 0 Å². The summed E-state index contributed by atoms with van der Waals surface area (Å²) in [6, 6.07) is 2.58. The fourth-order valence-electron chi connectivity index (χ4n) is 2.54. The molecule has 0 aromatic carbocycles. The van der Waals surface area contributed by atoms with Gasteiger partial charge in [0.15, 0.2) is 0 Å². The number of nitrogens with one attached hydrogen (secondary N) is 1. The van der Waals surface area contributed by atoms with Crippen LogP contribution in [0.2, 0.25) is 0 Å². The average molecular weight is 362 g/mol. The second-order valence-corrected chi connectivity index (χ2v) is 7.36. The minimum absolute atomic E-state index is 0.456. The first-order valence-electron chi connectivity index (χ1n) is 6.04. The topological polar surface area (TPSA) is 24.9 Å². The summed E-state index contributed by atoms with van der Waals surface area (Å²) in [6.07, 6.45) is 6.94. The summed E-state index contributed by atoms with van der Waals surface area (Å²) in [5, 5.41) is 3.55. The third-order valence-corrected chi connectivity index (χ3v) is 4.39. The Bertz CT molecular complexity index is 404. The Labute approximate surface area is 120 Å². The Balaban J connectivity index is 2.05. The lowest BCUT2D eigenvalue weighted by atomic mass is 9.75. The summed E-state index contributed by atoms with van der Waals surface area (Å²) in [6.45, 7) is 4.70. The molecule has 1 heterocycles. The van der Waals surface area contributed by atoms with Crippen LogP contribution in [0.4, 0.5) is 5.82 Å². The zero-order chi connectivity index (χ0) is 12.5. The normalized spacial score (nSPS) is 23.4. The number of aromatic nitrogens is 1. The van der Waals surface area contributed by atoms with Gasteiger partial charge in [-0.05, 0) is 62.6 Å². The van der Waals surface area contributed by atoms with Gasteiger partial charge in [-0.1, -0.05) is 20.3 Å². The fourth-order valence-corrected chi connectivity index (χ4v) is 3.64. The van der Waals surface area contributed by atoms with Gasteiger partial charge in [-0.2, -0.15) is 0 Å². The standard InChI is InChI=1S/C13H18Br2N2/c1-13(2)5-3-4-10(7-13)17-12-11(15)6-9(14)8-16-12/h6,8,10H,3-5,7H2,1-2H3,(H,16,17). The summed E-state index contributed by atoms with van der Waals surface area (Å²) in [5.74, 6) is 0.955. The van der Waals surface area contributed by atoms with Crippen molar-refractivity contribution in [3.63, 3.8) is 0 Å². The van der Waals surface area contributed by atoms with Gasteiger partial charge in [-0.3, -0.25) is 0 Å². The molecule has 0 bridgehead atoms. The maximum absolute atomic E-state index is 4.41.